The summed E-state index contributed by atoms with van der Waals surface area (Å²) in [6.45, 7) is 6.36. The molecule has 1 amide bonds. The minimum Gasteiger partial charge on any atom is -0.342 e. The number of piperidine rings is 1. The zero-order valence-corrected chi connectivity index (χ0v) is 12.1. The van der Waals surface area contributed by atoms with Crippen LogP contribution in [0.5, 0.6) is 0 Å². The third-order valence-electron chi connectivity index (χ3n) is 4.23. The molecule has 0 radical (unpaired) electrons. The van der Waals surface area contributed by atoms with Crippen molar-refractivity contribution in [2.24, 2.45) is 17.8 Å². The zero-order chi connectivity index (χ0) is 12.6. The van der Waals surface area contributed by atoms with E-state index < -0.39 is 4.33 Å². The highest BCUT2D eigenvalue weighted by atomic mass is 35.5. The maximum atomic E-state index is 12.2. The molecule has 0 unspecified atom stereocenters. The van der Waals surface area contributed by atoms with Gasteiger partial charge >= 0.3 is 0 Å². The van der Waals surface area contributed by atoms with Crippen LogP contribution in [0.3, 0.4) is 0 Å². The van der Waals surface area contributed by atoms with E-state index in [4.69, 9.17) is 23.2 Å². The average Bonchev–Trinajstić information content (AvgIpc) is 2.25. The standard InChI is InChI=1S/C13H21Cl2NO/c1-9(2)10-3-5-16(6-4-10)12(17)11-7-13(14,15)8-11/h9-11H,3-8H2,1-2H3. The van der Waals surface area contributed by atoms with Crippen molar-refractivity contribution in [3.8, 4) is 0 Å². The van der Waals surface area contributed by atoms with Crippen LogP contribution in [0.25, 0.3) is 0 Å². The Bertz CT molecular complexity index is 288. The fourth-order valence-electron chi connectivity index (χ4n) is 2.88. The van der Waals surface area contributed by atoms with Crippen LogP contribution in [0.1, 0.15) is 39.5 Å². The molecule has 1 heterocycles. The van der Waals surface area contributed by atoms with Crippen molar-refractivity contribution < 1.29 is 4.79 Å². The Kier molecular flexibility index (Phi) is 3.94. The fourth-order valence-corrected chi connectivity index (χ4v) is 3.63. The largest absolute Gasteiger partial charge is 0.342 e. The summed E-state index contributed by atoms with van der Waals surface area (Å²) in [7, 11) is 0. The van der Waals surface area contributed by atoms with Gasteiger partial charge in [-0.3, -0.25) is 4.79 Å². The number of hydrogen-bond donors (Lipinski definition) is 0. The van der Waals surface area contributed by atoms with Crippen molar-refractivity contribution in [1.29, 1.82) is 0 Å². The number of carbonyl (C=O) groups excluding carboxylic acids is 1. The number of hydrogen-bond acceptors (Lipinski definition) is 1. The van der Waals surface area contributed by atoms with Crippen LogP contribution in [-0.2, 0) is 4.79 Å². The monoisotopic (exact) mass is 277 g/mol. The summed E-state index contributed by atoms with van der Waals surface area (Å²) in [6, 6.07) is 0. The second-order valence-corrected chi connectivity index (χ2v) is 7.51. The second kappa shape index (κ2) is 4.97. The number of nitrogens with zero attached hydrogens (tertiary/aromatic N) is 1. The van der Waals surface area contributed by atoms with Gasteiger partial charge in [-0.2, -0.15) is 0 Å². The Morgan fingerprint density at radius 3 is 2.18 bits per heavy atom. The molecule has 2 nitrogen and oxygen atoms in total. The predicted molar refractivity (Wildman–Crippen MR) is 71.3 cm³/mol. The van der Waals surface area contributed by atoms with E-state index in [-0.39, 0.29) is 11.8 Å². The Morgan fingerprint density at radius 1 is 1.24 bits per heavy atom. The molecule has 1 saturated heterocycles. The molecule has 4 heteroatoms. The molecule has 0 spiro atoms. The third kappa shape index (κ3) is 3.08. The van der Waals surface area contributed by atoms with Crippen molar-refractivity contribution in [3.63, 3.8) is 0 Å². The minimum atomic E-state index is -0.642. The number of alkyl halides is 2. The van der Waals surface area contributed by atoms with Crippen molar-refractivity contribution in [3.05, 3.63) is 0 Å². The first-order valence-electron chi connectivity index (χ1n) is 6.55. The quantitative estimate of drug-likeness (QED) is 0.708. The van der Waals surface area contributed by atoms with Crippen LogP contribution < -0.4 is 0 Å². The van der Waals surface area contributed by atoms with E-state index >= 15 is 0 Å². The highest BCUT2D eigenvalue weighted by Gasteiger charge is 2.46. The number of likely N-dealkylation sites (tertiary alicyclic amines) is 1. The number of halogens is 2. The Morgan fingerprint density at radius 2 is 1.76 bits per heavy atom. The number of carbonyl (C=O) groups is 1. The maximum Gasteiger partial charge on any atom is 0.225 e. The Balaban J connectivity index is 1.79. The first kappa shape index (κ1) is 13.5. The average molecular weight is 278 g/mol. The summed E-state index contributed by atoms with van der Waals surface area (Å²) in [5, 5.41) is 0. The van der Waals surface area contributed by atoms with Gasteiger partial charge in [-0.1, -0.05) is 13.8 Å². The molecule has 0 bridgehead atoms. The molecule has 2 rings (SSSR count). The SMILES string of the molecule is CC(C)C1CCN(C(=O)C2CC(Cl)(Cl)C2)CC1. The smallest absolute Gasteiger partial charge is 0.225 e. The molecule has 0 aromatic heterocycles. The summed E-state index contributed by atoms with van der Waals surface area (Å²) in [5.41, 5.74) is 0. The lowest BCUT2D eigenvalue weighted by atomic mass is 9.81. The first-order chi connectivity index (χ1) is 7.89. The lowest BCUT2D eigenvalue weighted by molar-refractivity contribution is -0.140. The van der Waals surface area contributed by atoms with Crippen molar-refractivity contribution >= 4 is 29.1 Å². The Labute approximate surface area is 114 Å². The summed E-state index contributed by atoms with van der Waals surface area (Å²) < 4.78 is -0.642. The second-order valence-electron chi connectivity index (χ2n) is 5.87. The molecule has 0 atom stereocenters. The van der Waals surface area contributed by atoms with Gasteiger partial charge < -0.3 is 4.90 Å². The van der Waals surface area contributed by atoms with Crippen LogP contribution in [0, 0.1) is 17.8 Å². The maximum absolute atomic E-state index is 12.2. The number of rotatable bonds is 2. The first-order valence-corrected chi connectivity index (χ1v) is 7.31. The minimum absolute atomic E-state index is 0.0700. The van der Waals surface area contributed by atoms with Gasteiger partial charge in [0.05, 0.1) is 0 Å². The van der Waals surface area contributed by atoms with Gasteiger partial charge in [0.1, 0.15) is 4.33 Å². The van der Waals surface area contributed by atoms with Crippen LogP contribution in [0.2, 0.25) is 0 Å². The highest BCUT2D eigenvalue weighted by Crippen LogP contribution is 2.47. The molecule has 0 aromatic carbocycles. The molecular formula is C13H21Cl2NO. The summed E-state index contributed by atoms with van der Waals surface area (Å²) in [5.74, 6) is 1.85. The molecule has 1 aliphatic heterocycles. The molecule has 2 aliphatic rings. The molecule has 1 aliphatic carbocycles. The van der Waals surface area contributed by atoms with Crippen LogP contribution in [0.4, 0.5) is 0 Å². The van der Waals surface area contributed by atoms with E-state index in [1.807, 2.05) is 4.90 Å². The van der Waals surface area contributed by atoms with Crippen LogP contribution in [-0.4, -0.2) is 28.2 Å². The topological polar surface area (TPSA) is 20.3 Å². The molecule has 1 saturated carbocycles. The van der Waals surface area contributed by atoms with Gasteiger partial charge in [-0.25, -0.2) is 0 Å². The lowest BCUT2D eigenvalue weighted by Gasteiger charge is -2.42. The molecule has 2 fully saturated rings. The van der Waals surface area contributed by atoms with Gasteiger partial charge in [0.2, 0.25) is 5.91 Å². The fraction of sp³-hybridized carbons (Fsp3) is 0.923. The van der Waals surface area contributed by atoms with E-state index in [0.717, 1.165) is 37.8 Å². The lowest BCUT2D eigenvalue weighted by Crippen LogP contribution is -2.48. The number of amides is 1. The van der Waals surface area contributed by atoms with Gasteiger partial charge in [-0.05, 0) is 37.5 Å². The normalized spacial score (nSPS) is 26.1. The van der Waals surface area contributed by atoms with Gasteiger partial charge in [0.25, 0.3) is 0 Å². The van der Waals surface area contributed by atoms with Crippen LogP contribution in [0.15, 0.2) is 0 Å². The third-order valence-corrected chi connectivity index (χ3v) is 4.85. The summed E-state index contributed by atoms with van der Waals surface area (Å²) in [4.78, 5) is 14.2. The predicted octanol–water partition coefficient (Wildman–Crippen LogP) is 3.46. The molecular weight excluding hydrogens is 257 g/mol. The van der Waals surface area contributed by atoms with Gasteiger partial charge in [-0.15, -0.1) is 23.2 Å². The van der Waals surface area contributed by atoms with E-state index in [2.05, 4.69) is 13.8 Å². The van der Waals surface area contributed by atoms with Crippen molar-refractivity contribution in [2.45, 2.75) is 43.9 Å². The van der Waals surface area contributed by atoms with E-state index in [1.165, 1.54) is 0 Å². The van der Waals surface area contributed by atoms with Crippen molar-refractivity contribution in [2.75, 3.05) is 13.1 Å². The summed E-state index contributed by atoms with van der Waals surface area (Å²) in [6.07, 6.45) is 3.53. The zero-order valence-electron chi connectivity index (χ0n) is 10.6. The van der Waals surface area contributed by atoms with E-state index in [0.29, 0.717) is 12.8 Å². The molecule has 98 valence electrons. The van der Waals surface area contributed by atoms with E-state index in [1.54, 1.807) is 0 Å². The van der Waals surface area contributed by atoms with E-state index in [9.17, 15) is 4.79 Å². The highest BCUT2D eigenvalue weighted by molar-refractivity contribution is 6.49. The van der Waals surface area contributed by atoms with Crippen molar-refractivity contribution in [1.82, 2.24) is 4.90 Å². The molecule has 17 heavy (non-hydrogen) atoms. The summed E-state index contributed by atoms with van der Waals surface area (Å²) >= 11 is 11.9. The Hall–Kier alpha value is 0.0500. The molecule has 0 N–H and O–H groups in total. The van der Waals surface area contributed by atoms with Gasteiger partial charge in [0, 0.05) is 19.0 Å². The van der Waals surface area contributed by atoms with Crippen LogP contribution >= 0.6 is 23.2 Å². The molecule has 0 aromatic rings. The van der Waals surface area contributed by atoms with Gasteiger partial charge in [0.15, 0.2) is 0 Å².